The molecule has 0 aromatic heterocycles. The molecular formula is C15H24N2O2. The minimum Gasteiger partial charge on any atom is -0.462 e. The molecule has 0 spiro atoms. The van der Waals surface area contributed by atoms with Crippen LogP contribution in [0.15, 0.2) is 18.2 Å². The highest BCUT2D eigenvalue weighted by Crippen LogP contribution is 2.26. The average molecular weight is 264 g/mol. The molecule has 4 heteroatoms. The molecule has 1 rings (SSSR count). The molecule has 0 aliphatic heterocycles. The fourth-order valence-electron chi connectivity index (χ4n) is 2.07. The second-order valence-corrected chi connectivity index (χ2v) is 4.74. The van der Waals surface area contributed by atoms with Crippen LogP contribution in [-0.2, 0) is 4.74 Å². The van der Waals surface area contributed by atoms with E-state index in [1.165, 1.54) is 0 Å². The van der Waals surface area contributed by atoms with Crippen molar-refractivity contribution in [2.24, 2.45) is 0 Å². The molecule has 0 fully saturated rings. The number of hydrogen-bond donors (Lipinski definition) is 1. The largest absolute Gasteiger partial charge is 0.462 e. The smallest absolute Gasteiger partial charge is 0.338 e. The van der Waals surface area contributed by atoms with E-state index in [1.54, 1.807) is 19.1 Å². The number of carbonyl (C=O) groups is 1. The highest BCUT2D eigenvalue weighted by Gasteiger charge is 2.14. The molecular weight excluding hydrogens is 240 g/mol. The molecule has 1 atom stereocenters. The van der Waals surface area contributed by atoms with Gasteiger partial charge in [-0.2, -0.15) is 0 Å². The summed E-state index contributed by atoms with van der Waals surface area (Å²) in [5.74, 6) is -0.329. The number of carbonyl (C=O) groups excluding carboxylic acids is 1. The lowest BCUT2D eigenvalue weighted by atomic mass is 10.1. The van der Waals surface area contributed by atoms with Gasteiger partial charge in [0, 0.05) is 13.1 Å². The second kappa shape index (κ2) is 7.02. The number of esters is 1. The van der Waals surface area contributed by atoms with Crippen LogP contribution < -0.4 is 10.6 Å². The summed E-state index contributed by atoms with van der Waals surface area (Å²) in [6.07, 6.45) is 2.24. The molecule has 0 heterocycles. The van der Waals surface area contributed by atoms with Crippen molar-refractivity contribution >= 4 is 17.3 Å². The SMILES string of the molecule is CCCC(C)N(C)c1ccc(C(=O)OCC)cc1N. The summed E-state index contributed by atoms with van der Waals surface area (Å²) >= 11 is 0. The molecule has 19 heavy (non-hydrogen) atoms. The lowest BCUT2D eigenvalue weighted by molar-refractivity contribution is 0.0526. The molecule has 1 aromatic carbocycles. The maximum absolute atomic E-state index is 11.6. The maximum Gasteiger partial charge on any atom is 0.338 e. The van der Waals surface area contributed by atoms with Gasteiger partial charge in [0.1, 0.15) is 0 Å². The van der Waals surface area contributed by atoms with Crippen LogP contribution in [0.4, 0.5) is 11.4 Å². The van der Waals surface area contributed by atoms with Crippen molar-refractivity contribution in [1.82, 2.24) is 0 Å². The van der Waals surface area contributed by atoms with Crippen LogP contribution in [0.2, 0.25) is 0 Å². The Morgan fingerprint density at radius 3 is 2.63 bits per heavy atom. The van der Waals surface area contributed by atoms with Gasteiger partial charge in [0.15, 0.2) is 0 Å². The molecule has 0 amide bonds. The third-order valence-corrected chi connectivity index (χ3v) is 3.29. The number of benzene rings is 1. The van der Waals surface area contributed by atoms with Crippen molar-refractivity contribution < 1.29 is 9.53 Å². The van der Waals surface area contributed by atoms with Gasteiger partial charge in [0.2, 0.25) is 0 Å². The van der Waals surface area contributed by atoms with E-state index < -0.39 is 0 Å². The molecule has 0 aliphatic carbocycles. The van der Waals surface area contributed by atoms with Crippen LogP contribution in [0, 0.1) is 0 Å². The summed E-state index contributed by atoms with van der Waals surface area (Å²) in [4.78, 5) is 13.8. The van der Waals surface area contributed by atoms with Gasteiger partial charge in [0.25, 0.3) is 0 Å². The molecule has 0 saturated heterocycles. The van der Waals surface area contributed by atoms with E-state index in [-0.39, 0.29) is 5.97 Å². The van der Waals surface area contributed by atoms with E-state index in [1.807, 2.05) is 13.1 Å². The van der Waals surface area contributed by atoms with Gasteiger partial charge in [-0.15, -0.1) is 0 Å². The number of anilines is 2. The normalized spacial score (nSPS) is 12.0. The maximum atomic E-state index is 11.6. The van der Waals surface area contributed by atoms with E-state index in [2.05, 4.69) is 18.7 Å². The molecule has 106 valence electrons. The number of hydrogen-bond acceptors (Lipinski definition) is 4. The molecule has 0 saturated carbocycles. The number of nitrogens with two attached hydrogens (primary N) is 1. The van der Waals surface area contributed by atoms with Gasteiger partial charge < -0.3 is 15.4 Å². The average Bonchev–Trinajstić information content (AvgIpc) is 2.38. The Kier molecular flexibility index (Phi) is 5.67. The Morgan fingerprint density at radius 1 is 1.42 bits per heavy atom. The predicted molar refractivity (Wildman–Crippen MR) is 79.6 cm³/mol. The van der Waals surface area contributed by atoms with E-state index in [0.29, 0.717) is 23.9 Å². The standard InChI is InChI=1S/C15H24N2O2/c1-5-7-11(3)17(4)14-9-8-12(10-13(14)16)15(18)19-6-2/h8-11H,5-7,16H2,1-4H3. The summed E-state index contributed by atoms with van der Waals surface area (Å²) in [5, 5.41) is 0. The summed E-state index contributed by atoms with van der Waals surface area (Å²) in [6.45, 7) is 6.49. The van der Waals surface area contributed by atoms with E-state index in [9.17, 15) is 4.79 Å². The van der Waals surface area contributed by atoms with Crippen LogP contribution in [-0.4, -0.2) is 25.7 Å². The first-order valence-electron chi connectivity index (χ1n) is 6.80. The lowest BCUT2D eigenvalue weighted by Gasteiger charge is -2.28. The Morgan fingerprint density at radius 2 is 2.11 bits per heavy atom. The van der Waals surface area contributed by atoms with Crippen LogP contribution >= 0.6 is 0 Å². The Bertz CT molecular complexity index is 432. The highest BCUT2D eigenvalue weighted by molar-refractivity contribution is 5.92. The minimum atomic E-state index is -0.329. The quantitative estimate of drug-likeness (QED) is 0.633. The van der Waals surface area contributed by atoms with Crippen molar-refractivity contribution in [3.8, 4) is 0 Å². The van der Waals surface area contributed by atoms with Crippen LogP contribution in [0.5, 0.6) is 0 Å². The molecule has 0 aliphatic rings. The van der Waals surface area contributed by atoms with Crippen LogP contribution in [0.3, 0.4) is 0 Å². The number of ether oxygens (including phenoxy) is 1. The fraction of sp³-hybridized carbons (Fsp3) is 0.533. The summed E-state index contributed by atoms with van der Waals surface area (Å²) in [5.41, 5.74) is 8.10. The lowest BCUT2D eigenvalue weighted by Crippen LogP contribution is -2.29. The zero-order chi connectivity index (χ0) is 14.4. The van der Waals surface area contributed by atoms with Crippen LogP contribution in [0.1, 0.15) is 44.0 Å². The zero-order valence-corrected chi connectivity index (χ0v) is 12.3. The Balaban J connectivity index is 2.91. The number of rotatable bonds is 6. The first kappa shape index (κ1) is 15.3. The third kappa shape index (κ3) is 3.88. The topological polar surface area (TPSA) is 55.6 Å². The Labute approximate surface area is 115 Å². The zero-order valence-electron chi connectivity index (χ0n) is 12.3. The van der Waals surface area contributed by atoms with Crippen molar-refractivity contribution in [3.63, 3.8) is 0 Å². The highest BCUT2D eigenvalue weighted by atomic mass is 16.5. The van der Waals surface area contributed by atoms with E-state index in [4.69, 9.17) is 10.5 Å². The van der Waals surface area contributed by atoms with Gasteiger partial charge in [-0.1, -0.05) is 13.3 Å². The van der Waals surface area contributed by atoms with Gasteiger partial charge in [-0.25, -0.2) is 4.79 Å². The second-order valence-electron chi connectivity index (χ2n) is 4.74. The summed E-state index contributed by atoms with van der Waals surface area (Å²) in [6, 6.07) is 5.75. The number of nitrogens with zero attached hydrogens (tertiary/aromatic N) is 1. The molecule has 1 unspecified atom stereocenters. The van der Waals surface area contributed by atoms with Crippen molar-refractivity contribution in [3.05, 3.63) is 23.8 Å². The van der Waals surface area contributed by atoms with Crippen molar-refractivity contribution in [1.29, 1.82) is 0 Å². The number of nitrogen functional groups attached to an aromatic ring is 1. The molecule has 0 bridgehead atoms. The monoisotopic (exact) mass is 264 g/mol. The van der Waals surface area contributed by atoms with Gasteiger partial charge in [-0.05, 0) is 38.5 Å². The van der Waals surface area contributed by atoms with Gasteiger partial charge in [-0.3, -0.25) is 0 Å². The van der Waals surface area contributed by atoms with Gasteiger partial charge >= 0.3 is 5.97 Å². The first-order valence-corrected chi connectivity index (χ1v) is 6.80. The molecule has 2 N–H and O–H groups in total. The summed E-state index contributed by atoms with van der Waals surface area (Å²) < 4.78 is 4.96. The molecule has 4 nitrogen and oxygen atoms in total. The van der Waals surface area contributed by atoms with Crippen LogP contribution in [0.25, 0.3) is 0 Å². The van der Waals surface area contributed by atoms with Crippen molar-refractivity contribution in [2.45, 2.75) is 39.7 Å². The summed E-state index contributed by atoms with van der Waals surface area (Å²) in [7, 11) is 2.02. The van der Waals surface area contributed by atoms with E-state index in [0.717, 1.165) is 18.5 Å². The molecule has 0 radical (unpaired) electrons. The minimum absolute atomic E-state index is 0.329. The molecule has 1 aromatic rings. The first-order chi connectivity index (χ1) is 9.01. The van der Waals surface area contributed by atoms with Crippen molar-refractivity contribution in [2.75, 3.05) is 24.3 Å². The third-order valence-electron chi connectivity index (χ3n) is 3.29. The predicted octanol–water partition coefficient (Wildman–Crippen LogP) is 3.07. The fourth-order valence-corrected chi connectivity index (χ4v) is 2.07. The van der Waals surface area contributed by atoms with E-state index >= 15 is 0 Å². The Hall–Kier alpha value is -1.71. The van der Waals surface area contributed by atoms with Gasteiger partial charge in [0.05, 0.1) is 23.5 Å².